The Balaban J connectivity index is 2.49. The van der Waals surface area contributed by atoms with Crippen molar-refractivity contribution >= 4 is 17.3 Å². The number of rotatable bonds is 2. The molecule has 0 aliphatic rings. The first-order valence-electron chi connectivity index (χ1n) is 4.93. The molecule has 0 amide bonds. The quantitative estimate of drug-likeness (QED) is 0.823. The van der Waals surface area contributed by atoms with E-state index < -0.39 is 0 Å². The number of benzene rings is 2. The van der Waals surface area contributed by atoms with Crippen molar-refractivity contribution in [2.45, 2.75) is 0 Å². The fourth-order valence-corrected chi connectivity index (χ4v) is 1.80. The molecule has 0 saturated carbocycles. The lowest BCUT2D eigenvalue weighted by molar-refractivity contribution is 0.628. The summed E-state index contributed by atoms with van der Waals surface area (Å²) in [4.78, 5) is 0. The number of hydrogen-bond acceptors (Lipinski definition) is 1. The maximum atomic E-state index is 13.2. The van der Waals surface area contributed by atoms with Crippen molar-refractivity contribution in [1.82, 2.24) is 0 Å². The van der Waals surface area contributed by atoms with Crippen molar-refractivity contribution in [2.24, 2.45) is 0 Å². The topological polar surface area (TPSA) is 12.0 Å². The third-order valence-electron chi connectivity index (χ3n) is 2.35. The average molecular weight is 236 g/mol. The Morgan fingerprint density at radius 2 is 1.88 bits per heavy atom. The van der Waals surface area contributed by atoms with Gasteiger partial charge >= 0.3 is 0 Å². The highest BCUT2D eigenvalue weighted by molar-refractivity contribution is 6.30. The van der Waals surface area contributed by atoms with Crippen LogP contribution in [0.1, 0.15) is 0 Å². The van der Waals surface area contributed by atoms with E-state index in [2.05, 4.69) is 5.32 Å². The van der Waals surface area contributed by atoms with Gasteiger partial charge in [-0.15, -0.1) is 0 Å². The van der Waals surface area contributed by atoms with Crippen LogP contribution >= 0.6 is 11.6 Å². The Bertz CT molecular complexity index is 491. The van der Waals surface area contributed by atoms with Gasteiger partial charge in [-0.05, 0) is 41.5 Å². The molecule has 3 heteroatoms. The van der Waals surface area contributed by atoms with E-state index in [1.807, 2.05) is 31.3 Å². The first-order chi connectivity index (χ1) is 7.69. The van der Waals surface area contributed by atoms with Gasteiger partial charge in [-0.25, -0.2) is 4.39 Å². The molecule has 2 aromatic rings. The minimum Gasteiger partial charge on any atom is -0.388 e. The van der Waals surface area contributed by atoms with Gasteiger partial charge < -0.3 is 5.32 Å². The van der Waals surface area contributed by atoms with Crippen LogP contribution in [0.3, 0.4) is 0 Å². The van der Waals surface area contributed by atoms with Crippen LogP contribution in [0.5, 0.6) is 0 Å². The second-order valence-corrected chi connectivity index (χ2v) is 3.93. The van der Waals surface area contributed by atoms with E-state index in [0.717, 1.165) is 16.8 Å². The molecule has 0 spiro atoms. The largest absolute Gasteiger partial charge is 0.388 e. The van der Waals surface area contributed by atoms with E-state index in [9.17, 15) is 4.39 Å². The van der Waals surface area contributed by atoms with Crippen LogP contribution in [-0.4, -0.2) is 7.05 Å². The zero-order valence-electron chi connectivity index (χ0n) is 8.80. The third-order valence-corrected chi connectivity index (χ3v) is 2.57. The fraction of sp³-hybridized carbons (Fsp3) is 0.0769. The van der Waals surface area contributed by atoms with Crippen molar-refractivity contribution in [2.75, 3.05) is 12.4 Å². The fourth-order valence-electron chi connectivity index (χ4n) is 1.57. The van der Waals surface area contributed by atoms with Crippen LogP contribution in [0.15, 0.2) is 42.5 Å². The van der Waals surface area contributed by atoms with Crippen LogP contribution in [0.4, 0.5) is 10.1 Å². The molecule has 0 heterocycles. The Labute approximate surface area is 98.9 Å². The molecule has 0 radical (unpaired) electrons. The van der Waals surface area contributed by atoms with Crippen LogP contribution in [0.2, 0.25) is 5.02 Å². The molecule has 82 valence electrons. The summed E-state index contributed by atoms with van der Waals surface area (Å²) >= 11 is 5.82. The van der Waals surface area contributed by atoms with E-state index in [1.165, 1.54) is 12.1 Å². The standard InChI is InChI=1S/C13H11ClFN/c1-16-13-4-2-3-9(7-13)10-5-11(14)8-12(15)6-10/h2-8,16H,1H3. The van der Waals surface area contributed by atoms with E-state index in [0.29, 0.717) is 5.02 Å². The summed E-state index contributed by atoms with van der Waals surface area (Å²) in [6, 6.07) is 12.3. The summed E-state index contributed by atoms with van der Waals surface area (Å²) in [5.41, 5.74) is 2.70. The predicted molar refractivity (Wildman–Crippen MR) is 66.4 cm³/mol. The molecule has 2 aromatic carbocycles. The smallest absolute Gasteiger partial charge is 0.125 e. The molecule has 0 aliphatic heterocycles. The highest BCUT2D eigenvalue weighted by Crippen LogP contribution is 2.26. The maximum Gasteiger partial charge on any atom is 0.125 e. The maximum absolute atomic E-state index is 13.2. The van der Waals surface area contributed by atoms with Crippen molar-refractivity contribution in [3.8, 4) is 11.1 Å². The van der Waals surface area contributed by atoms with Gasteiger partial charge in [0.15, 0.2) is 0 Å². The van der Waals surface area contributed by atoms with Gasteiger partial charge in [0.05, 0.1) is 0 Å². The third kappa shape index (κ3) is 2.34. The molecule has 0 bridgehead atoms. The van der Waals surface area contributed by atoms with Gasteiger partial charge in [-0.2, -0.15) is 0 Å². The summed E-state index contributed by atoms with van der Waals surface area (Å²) in [7, 11) is 1.84. The first-order valence-corrected chi connectivity index (χ1v) is 5.31. The second-order valence-electron chi connectivity index (χ2n) is 3.49. The van der Waals surface area contributed by atoms with Crippen LogP contribution < -0.4 is 5.32 Å². The van der Waals surface area contributed by atoms with Crippen molar-refractivity contribution in [1.29, 1.82) is 0 Å². The van der Waals surface area contributed by atoms with Gasteiger partial charge in [0.1, 0.15) is 5.82 Å². The molecular formula is C13H11ClFN. The average Bonchev–Trinajstić information content (AvgIpc) is 2.28. The molecular weight excluding hydrogens is 225 g/mol. The van der Waals surface area contributed by atoms with Gasteiger partial charge in [0.2, 0.25) is 0 Å². The lowest BCUT2D eigenvalue weighted by Crippen LogP contribution is -1.88. The van der Waals surface area contributed by atoms with Gasteiger partial charge in [-0.3, -0.25) is 0 Å². The van der Waals surface area contributed by atoms with Gasteiger partial charge in [0, 0.05) is 17.8 Å². The van der Waals surface area contributed by atoms with Gasteiger partial charge in [0.25, 0.3) is 0 Å². The molecule has 0 fully saturated rings. The molecule has 0 atom stereocenters. The normalized spacial score (nSPS) is 10.2. The highest BCUT2D eigenvalue weighted by Gasteiger charge is 2.02. The van der Waals surface area contributed by atoms with E-state index in [4.69, 9.17) is 11.6 Å². The van der Waals surface area contributed by atoms with Crippen molar-refractivity contribution < 1.29 is 4.39 Å². The Hall–Kier alpha value is -1.54. The SMILES string of the molecule is CNc1cccc(-c2cc(F)cc(Cl)c2)c1. The van der Waals surface area contributed by atoms with Crippen LogP contribution in [0, 0.1) is 5.82 Å². The minimum absolute atomic E-state index is 0.322. The molecule has 0 aliphatic carbocycles. The molecule has 0 saturated heterocycles. The summed E-state index contributed by atoms with van der Waals surface area (Å²) in [5, 5.41) is 3.45. The first kappa shape index (κ1) is 11.0. The van der Waals surface area contributed by atoms with Crippen LogP contribution in [0.25, 0.3) is 11.1 Å². The summed E-state index contributed by atoms with van der Waals surface area (Å²) in [6.07, 6.45) is 0. The van der Waals surface area contributed by atoms with Crippen molar-refractivity contribution in [3.63, 3.8) is 0 Å². The zero-order chi connectivity index (χ0) is 11.5. The minimum atomic E-state index is -0.322. The lowest BCUT2D eigenvalue weighted by Gasteiger charge is -2.05. The summed E-state index contributed by atoms with van der Waals surface area (Å²) in [5.74, 6) is -0.322. The highest BCUT2D eigenvalue weighted by atomic mass is 35.5. The summed E-state index contributed by atoms with van der Waals surface area (Å²) in [6.45, 7) is 0. The second kappa shape index (κ2) is 4.54. The number of hydrogen-bond donors (Lipinski definition) is 1. The molecule has 2 rings (SSSR count). The van der Waals surface area contributed by atoms with Crippen LogP contribution in [-0.2, 0) is 0 Å². The lowest BCUT2D eigenvalue weighted by atomic mass is 10.1. The molecule has 16 heavy (non-hydrogen) atoms. The Morgan fingerprint density at radius 3 is 2.56 bits per heavy atom. The Kier molecular flexibility index (Phi) is 3.11. The molecule has 1 N–H and O–H groups in total. The predicted octanol–water partition coefficient (Wildman–Crippen LogP) is 4.19. The molecule has 1 nitrogen and oxygen atoms in total. The summed E-state index contributed by atoms with van der Waals surface area (Å²) < 4.78 is 13.2. The monoisotopic (exact) mass is 235 g/mol. The molecule has 0 unspecified atom stereocenters. The van der Waals surface area contributed by atoms with Crippen molar-refractivity contribution in [3.05, 3.63) is 53.3 Å². The van der Waals surface area contributed by atoms with E-state index in [-0.39, 0.29) is 5.82 Å². The number of nitrogens with one attached hydrogen (secondary N) is 1. The number of anilines is 1. The molecule has 0 aromatic heterocycles. The van der Waals surface area contributed by atoms with E-state index in [1.54, 1.807) is 6.07 Å². The number of halogens is 2. The van der Waals surface area contributed by atoms with Gasteiger partial charge in [-0.1, -0.05) is 23.7 Å². The van der Waals surface area contributed by atoms with E-state index >= 15 is 0 Å². The Morgan fingerprint density at radius 1 is 1.06 bits per heavy atom. The zero-order valence-corrected chi connectivity index (χ0v) is 9.55.